The summed E-state index contributed by atoms with van der Waals surface area (Å²) in [6.07, 6.45) is 0. The second kappa shape index (κ2) is 10.0. The minimum absolute atomic E-state index is 0.129. The zero-order valence-corrected chi connectivity index (χ0v) is 19.8. The number of carboxylic acid groups (broad SMARTS) is 1. The fraction of sp³-hybridized carbons (Fsp3) is 0.125. The van der Waals surface area contributed by atoms with Gasteiger partial charge in [-0.2, -0.15) is 0 Å². The molecule has 0 bridgehead atoms. The molecule has 0 aliphatic rings. The van der Waals surface area contributed by atoms with Gasteiger partial charge in [-0.25, -0.2) is 14.8 Å². The van der Waals surface area contributed by atoms with Gasteiger partial charge in [-0.3, -0.25) is 0 Å². The largest absolute Gasteiger partial charge is 0.478 e. The van der Waals surface area contributed by atoms with Crippen molar-refractivity contribution in [3.8, 4) is 11.3 Å². The van der Waals surface area contributed by atoms with E-state index >= 15 is 0 Å². The van der Waals surface area contributed by atoms with Gasteiger partial charge in [0.25, 0.3) is 0 Å². The Labute approximate surface area is 206 Å². The van der Waals surface area contributed by atoms with Crippen LogP contribution in [0.15, 0.2) is 59.0 Å². The normalized spacial score (nSPS) is 10.7. The molecule has 4 N–H and O–H groups in total. The summed E-state index contributed by atoms with van der Waals surface area (Å²) in [7, 11) is 1.74. The quantitative estimate of drug-likeness (QED) is 0.219. The lowest BCUT2D eigenvalue weighted by molar-refractivity contribution is 0.0698. The van der Waals surface area contributed by atoms with Gasteiger partial charge in [0.2, 0.25) is 0 Å². The van der Waals surface area contributed by atoms with Crippen molar-refractivity contribution in [2.75, 3.05) is 23.0 Å². The summed E-state index contributed by atoms with van der Waals surface area (Å²) in [6.45, 7) is 2.07. The Morgan fingerprint density at radius 2 is 1.82 bits per heavy atom. The first kappa shape index (κ1) is 23.4. The van der Waals surface area contributed by atoms with Crippen molar-refractivity contribution in [1.29, 1.82) is 0 Å². The lowest BCUT2D eigenvalue weighted by atomic mass is 10.2. The van der Waals surface area contributed by atoms with Crippen molar-refractivity contribution >= 4 is 52.2 Å². The van der Waals surface area contributed by atoms with Gasteiger partial charge in [-0.1, -0.05) is 35.3 Å². The van der Waals surface area contributed by atoms with Gasteiger partial charge in [0.05, 0.1) is 22.8 Å². The number of aromatic carboxylic acids is 1. The third-order valence-electron chi connectivity index (χ3n) is 4.96. The number of aryl methyl sites for hydroxylation is 1. The molecule has 0 saturated heterocycles. The van der Waals surface area contributed by atoms with E-state index in [4.69, 9.17) is 27.6 Å². The standard InChI is InChI=1S/C24H21Cl2N5O3/c1-13-29-22(27-2)21(23(30-13)31-19-6-4-3-5-16(19)24(32)33)28-12-15-8-10-20(34-15)17-11-14(25)7-9-18(17)26/h3-11,28H,12H2,1-2H3,(H,32,33)(H2,27,29,30,31). The van der Waals surface area contributed by atoms with Crippen LogP contribution in [0.25, 0.3) is 11.3 Å². The number of carbonyl (C=O) groups is 1. The highest BCUT2D eigenvalue weighted by Crippen LogP contribution is 2.34. The van der Waals surface area contributed by atoms with E-state index in [2.05, 4.69) is 25.9 Å². The highest BCUT2D eigenvalue weighted by molar-refractivity contribution is 6.35. The van der Waals surface area contributed by atoms with Crippen molar-refractivity contribution in [1.82, 2.24) is 9.97 Å². The van der Waals surface area contributed by atoms with Crippen LogP contribution in [0, 0.1) is 6.92 Å². The lowest BCUT2D eigenvalue weighted by Crippen LogP contribution is -2.11. The van der Waals surface area contributed by atoms with Crippen LogP contribution in [0.5, 0.6) is 0 Å². The van der Waals surface area contributed by atoms with E-state index < -0.39 is 5.97 Å². The smallest absolute Gasteiger partial charge is 0.337 e. The predicted octanol–water partition coefficient (Wildman–Crippen LogP) is 6.45. The van der Waals surface area contributed by atoms with Crippen LogP contribution in [0.2, 0.25) is 10.0 Å². The summed E-state index contributed by atoms with van der Waals surface area (Å²) in [5.41, 5.74) is 1.80. The fourth-order valence-corrected chi connectivity index (χ4v) is 3.78. The molecule has 0 amide bonds. The van der Waals surface area contributed by atoms with Crippen molar-refractivity contribution in [2.24, 2.45) is 0 Å². The molecule has 2 heterocycles. The molecule has 0 atom stereocenters. The summed E-state index contributed by atoms with van der Waals surface area (Å²) < 4.78 is 5.97. The number of nitrogens with one attached hydrogen (secondary N) is 3. The Morgan fingerprint density at radius 1 is 1.06 bits per heavy atom. The maximum Gasteiger partial charge on any atom is 0.337 e. The Hall–Kier alpha value is -3.75. The van der Waals surface area contributed by atoms with Crippen molar-refractivity contribution in [3.05, 3.63) is 81.8 Å². The lowest BCUT2D eigenvalue weighted by Gasteiger charge is -2.17. The van der Waals surface area contributed by atoms with Crippen LogP contribution in [-0.2, 0) is 6.54 Å². The van der Waals surface area contributed by atoms with E-state index in [-0.39, 0.29) is 5.56 Å². The third-order valence-corrected chi connectivity index (χ3v) is 5.53. The molecule has 0 unspecified atom stereocenters. The molecule has 0 saturated carbocycles. The van der Waals surface area contributed by atoms with Gasteiger partial charge in [-0.15, -0.1) is 0 Å². The number of nitrogens with zero attached hydrogens (tertiary/aromatic N) is 2. The summed E-state index contributed by atoms with van der Waals surface area (Å²) in [5, 5.41) is 20.1. The van der Waals surface area contributed by atoms with Crippen molar-refractivity contribution in [2.45, 2.75) is 13.5 Å². The van der Waals surface area contributed by atoms with E-state index in [1.165, 1.54) is 6.07 Å². The second-order valence-corrected chi connectivity index (χ2v) is 8.16. The molecular weight excluding hydrogens is 477 g/mol. The zero-order valence-electron chi connectivity index (χ0n) is 18.3. The highest BCUT2D eigenvalue weighted by atomic mass is 35.5. The Balaban J connectivity index is 1.62. The molecule has 4 rings (SSSR count). The number of furan rings is 1. The maximum atomic E-state index is 11.6. The van der Waals surface area contributed by atoms with Crippen LogP contribution >= 0.6 is 23.2 Å². The molecule has 10 heteroatoms. The molecule has 2 aromatic carbocycles. The molecule has 0 fully saturated rings. The number of rotatable bonds is 8. The number of carboxylic acids is 1. The number of para-hydroxylation sites is 1. The number of hydrogen-bond acceptors (Lipinski definition) is 7. The molecule has 2 aromatic heterocycles. The Morgan fingerprint density at radius 3 is 2.59 bits per heavy atom. The number of halogens is 2. The average molecular weight is 498 g/mol. The van der Waals surface area contributed by atoms with Crippen molar-refractivity contribution in [3.63, 3.8) is 0 Å². The molecule has 0 radical (unpaired) electrons. The van der Waals surface area contributed by atoms with Gasteiger partial charge in [0, 0.05) is 17.6 Å². The van der Waals surface area contributed by atoms with Gasteiger partial charge in [0.1, 0.15) is 23.0 Å². The van der Waals surface area contributed by atoms with Crippen LogP contribution in [0.1, 0.15) is 21.9 Å². The van der Waals surface area contributed by atoms with Crippen LogP contribution in [0.4, 0.5) is 23.0 Å². The van der Waals surface area contributed by atoms with Gasteiger partial charge in [0.15, 0.2) is 11.6 Å². The molecule has 0 spiro atoms. The van der Waals surface area contributed by atoms with Crippen LogP contribution in [0.3, 0.4) is 0 Å². The summed E-state index contributed by atoms with van der Waals surface area (Å²) in [6, 6.07) is 15.4. The summed E-state index contributed by atoms with van der Waals surface area (Å²) in [5.74, 6) is 1.68. The Kier molecular flexibility index (Phi) is 6.90. The SMILES string of the molecule is CNc1nc(C)nc(Nc2ccccc2C(=O)O)c1NCc1ccc(-c2cc(Cl)ccc2Cl)o1. The molecule has 8 nitrogen and oxygen atoms in total. The summed E-state index contributed by atoms with van der Waals surface area (Å²) in [4.78, 5) is 20.5. The first-order valence-corrected chi connectivity index (χ1v) is 11.0. The monoisotopic (exact) mass is 497 g/mol. The van der Waals surface area contributed by atoms with Gasteiger partial charge >= 0.3 is 5.97 Å². The van der Waals surface area contributed by atoms with Crippen molar-refractivity contribution < 1.29 is 14.3 Å². The summed E-state index contributed by atoms with van der Waals surface area (Å²) >= 11 is 12.4. The minimum atomic E-state index is -1.04. The zero-order chi connectivity index (χ0) is 24.2. The maximum absolute atomic E-state index is 11.6. The molecular formula is C24H21Cl2N5O3. The van der Waals surface area contributed by atoms with Gasteiger partial charge < -0.3 is 25.5 Å². The topological polar surface area (TPSA) is 112 Å². The number of anilines is 4. The first-order valence-electron chi connectivity index (χ1n) is 10.3. The fourth-order valence-electron chi connectivity index (χ4n) is 3.40. The average Bonchev–Trinajstić information content (AvgIpc) is 3.28. The van der Waals surface area contributed by atoms with E-state index in [9.17, 15) is 9.90 Å². The number of aromatic nitrogens is 2. The first-order chi connectivity index (χ1) is 16.4. The predicted molar refractivity (Wildman–Crippen MR) is 134 cm³/mol. The molecule has 0 aliphatic carbocycles. The number of benzene rings is 2. The van der Waals surface area contributed by atoms with Crippen LogP contribution in [-0.4, -0.2) is 28.1 Å². The van der Waals surface area contributed by atoms with Gasteiger partial charge in [-0.05, 0) is 49.4 Å². The third kappa shape index (κ3) is 5.08. The van der Waals surface area contributed by atoms with E-state index in [1.807, 2.05) is 12.1 Å². The second-order valence-electron chi connectivity index (χ2n) is 7.31. The molecule has 174 valence electrons. The van der Waals surface area contributed by atoms with Crippen LogP contribution < -0.4 is 16.0 Å². The number of hydrogen-bond donors (Lipinski definition) is 4. The molecule has 4 aromatic rings. The molecule has 0 aliphatic heterocycles. The van der Waals surface area contributed by atoms with E-state index in [1.54, 1.807) is 50.4 Å². The van der Waals surface area contributed by atoms with E-state index in [0.29, 0.717) is 62.5 Å². The highest BCUT2D eigenvalue weighted by Gasteiger charge is 2.17. The Bertz CT molecular complexity index is 1360. The molecule has 34 heavy (non-hydrogen) atoms. The minimum Gasteiger partial charge on any atom is -0.478 e. The van der Waals surface area contributed by atoms with E-state index in [0.717, 1.165) is 0 Å².